The van der Waals surface area contributed by atoms with E-state index in [1.165, 1.54) is 14.0 Å². The first kappa shape index (κ1) is 11.2. The Morgan fingerprint density at radius 1 is 1.50 bits per heavy atom. The lowest BCUT2D eigenvalue weighted by Crippen LogP contribution is -2.22. The highest BCUT2D eigenvalue weighted by Crippen LogP contribution is 2.02. The van der Waals surface area contributed by atoms with Crippen molar-refractivity contribution in [1.29, 1.82) is 0 Å². The second kappa shape index (κ2) is 5.83. The third-order valence-electron chi connectivity index (χ3n) is 1.13. The van der Waals surface area contributed by atoms with Crippen molar-refractivity contribution in [2.45, 2.75) is 19.4 Å². The minimum atomic E-state index is -0.586. The number of halogens is 1. The van der Waals surface area contributed by atoms with Gasteiger partial charge in [-0.3, -0.25) is 9.59 Å². The first-order chi connectivity index (χ1) is 5.60. The maximum atomic E-state index is 10.7. The van der Waals surface area contributed by atoms with Crippen LogP contribution >= 0.6 is 11.6 Å². The topological polar surface area (TPSA) is 52.6 Å². The van der Waals surface area contributed by atoms with Gasteiger partial charge in [0.25, 0.3) is 0 Å². The smallest absolute Gasteiger partial charge is 0.309 e. The van der Waals surface area contributed by atoms with Crippen LogP contribution in [0.15, 0.2) is 0 Å². The van der Waals surface area contributed by atoms with Crippen molar-refractivity contribution in [3.63, 3.8) is 0 Å². The van der Waals surface area contributed by atoms with Gasteiger partial charge in [-0.2, -0.15) is 0 Å². The zero-order chi connectivity index (χ0) is 9.56. The average molecular weight is 195 g/mol. The number of rotatable bonds is 4. The van der Waals surface area contributed by atoms with Crippen molar-refractivity contribution in [3.05, 3.63) is 0 Å². The zero-order valence-corrected chi connectivity index (χ0v) is 7.76. The Morgan fingerprint density at radius 2 is 2.08 bits per heavy atom. The predicted molar refractivity (Wildman–Crippen MR) is 42.9 cm³/mol. The summed E-state index contributed by atoms with van der Waals surface area (Å²) in [4.78, 5) is 21.1. The quantitative estimate of drug-likeness (QED) is 0.489. The summed E-state index contributed by atoms with van der Waals surface area (Å²) in [6, 6.07) is 0. The summed E-state index contributed by atoms with van der Waals surface area (Å²) in [5, 5.41) is 0. The molecule has 0 rings (SSSR count). The van der Waals surface area contributed by atoms with Crippen LogP contribution in [0.5, 0.6) is 0 Å². The number of carbonyl (C=O) groups excluding carboxylic acids is 2. The Bertz CT molecular complexity index is 169. The number of esters is 2. The van der Waals surface area contributed by atoms with Crippen LogP contribution in [0.25, 0.3) is 0 Å². The maximum absolute atomic E-state index is 10.7. The number of methoxy groups -OCH3 is 1. The molecule has 0 spiro atoms. The van der Waals surface area contributed by atoms with Gasteiger partial charge in [0.05, 0.1) is 19.4 Å². The molecule has 0 fully saturated rings. The summed E-state index contributed by atoms with van der Waals surface area (Å²) >= 11 is 5.43. The third-order valence-corrected chi connectivity index (χ3v) is 1.47. The number of hydrogen-bond acceptors (Lipinski definition) is 4. The van der Waals surface area contributed by atoms with Crippen LogP contribution in [-0.2, 0) is 19.1 Å². The number of ether oxygens (including phenoxy) is 2. The molecular weight excluding hydrogens is 184 g/mol. The molecule has 0 aliphatic carbocycles. The highest BCUT2D eigenvalue weighted by Gasteiger charge is 2.15. The van der Waals surface area contributed by atoms with E-state index >= 15 is 0 Å². The van der Waals surface area contributed by atoms with Crippen molar-refractivity contribution in [2.75, 3.05) is 13.0 Å². The summed E-state index contributed by atoms with van der Waals surface area (Å²) in [5.74, 6) is -0.805. The van der Waals surface area contributed by atoms with E-state index in [0.29, 0.717) is 0 Å². The number of carbonyl (C=O) groups is 2. The molecule has 1 atom stereocenters. The molecule has 1 unspecified atom stereocenters. The molecular formula is C7H11ClO4. The van der Waals surface area contributed by atoms with Gasteiger partial charge in [-0.25, -0.2) is 0 Å². The van der Waals surface area contributed by atoms with Gasteiger partial charge < -0.3 is 9.47 Å². The van der Waals surface area contributed by atoms with Crippen molar-refractivity contribution in [2.24, 2.45) is 0 Å². The van der Waals surface area contributed by atoms with E-state index in [1.807, 2.05) is 0 Å². The van der Waals surface area contributed by atoms with Crippen LogP contribution in [0.1, 0.15) is 13.3 Å². The zero-order valence-electron chi connectivity index (χ0n) is 7.00. The summed E-state index contributed by atoms with van der Waals surface area (Å²) in [6.45, 7) is 1.26. The van der Waals surface area contributed by atoms with Crippen molar-refractivity contribution in [1.82, 2.24) is 0 Å². The molecule has 0 aromatic heterocycles. The fourth-order valence-electron chi connectivity index (χ4n) is 0.632. The Hall–Kier alpha value is -0.770. The molecule has 0 aromatic rings. The molecule has 0 aliphatic heterocycles. The van der Waals surface area contributed by atoms with Gasteiger partial charge in [-0.15, -0.1) is 11.6 Å². The third kappa shape index (κ3) is 4.96. The van der Waals surface area contributed by atoms with Crippen LogP contribution < -0.4 is 0 Å². The molecule has 12 heavy (non-hydrogen) atoms. The molecule has 0 heterocycles. The fraction of sp³-hybridized carbons (Fsp3) is 0.714. The normalized spacial score (nSPS) is 11.9. The molecule has 0 aromatic carbocycles. The van der Waals surface area contributed by atoms with Crippen molar-refractivity contribution >= 4 is 23.5 Å². The summed E-state index contributed by atoms with van der Waals surface area (Å²) < 4.78 is 9.08. The molecule has 0 amide bonds. The number of hydrogen-bond donors (Lipinski definition) is 0. The Balaban J connectivity index is 3.82. The summed E-state index contributed by atoms with van der Waals surface area (Å²) in [7, 11) is 1.27. The predicted octanol–water partition coefficient (Wildman–Crippen LogP) is 0.720. The fourth-order valence-corrected chi connectivity index (χ4v) is 0.804. The Kier molecular flexibility index (Phi) is 5.45. The minimum absolute atomic E-state index is 0.000417. The standard InChI is InChI=1S/C7H11ClO4/c1-5(9)12-6(4-8)3-7(10)11-2/h6H,3-4H2,1-2H3. The molecule has 4 nitrogen and oxygen atoms in total. The van der Waals surface area contributed by atoms with Crippen LogP contribution in [-0.4, -0.2) is 31.0 Å². The second-order valence-electron chi connectivity index (χ2n) is 2.17. The van der Waals surface area contributed by atoms with Crippen LogP contribution in [0.2, 0.25) is 0 Å². The molecule has 0 N–H and O–H groups in total. The van der Waals surface area contributed by atoms with E-state index in [9.17, 15) is 9.59 Å². The van der Waals surface area contributed by atoms with Crippen LogP contribution in [0.4, 0.5) is 0 Å². The van der Waals surface area contributed by atoms with Crippen molar-refractivity contribution in [3.8, 4) is 0 Å². The van der Waals surface area contributed by atoms with Gasteiger partial charge in [0, 0.05) is 6.92 Å². The van der Waals surface area contributed by atoms with Crippen LogP contribution in [0.3, 0.4) is 0 Å². The second-order valence-corrected chi connectivity index (χ2v) is 2.47. The van der Waals surface area contributed by atoms with Gasteiger partial charge in [0.2, 0.25) is 0 Å². The van der Waals surface area contributed by atoms with Gasteiger partial charge in [-0.05, 0) is 0 Å². The first-order valence-corrected chi connectivity index (χ1v) is 3.93. The van der Waals surface area contributed by atoms with Crippen LogP contribution in [0, 0.1) is 0 Å². The lowest BCUT2D eigenvalue weighted by molar-refractivity contribution is -0.150. The molecule has 0 aliphatic rings. The molecule has 0 radical (unpaired) electrons. The lowest BCUT2D eigenvalue weighted by Gasteiger charge is -2.11. The molecule has 5 heteroatoms. The molecule has 0 bridgehead atoms. The van der Waals surface area contributed by atoms with Gasteiger partial charge in [0.15, 0.2) is 0 Å². The number of alkyl halides is 1. The van der Waals surface area contributed by atoms with Gasteiger partial charge in [0.1, 0.15) is 6.10 Å². The highest BCUT2D eigenvalue weighted by molar-refractivity contribution is 6.18. The summed E-state index contributed by atoms with van der Waals surface area (Å²) in [5.41, 5.74) is 0. The van der Waals surface area contributed by atoms with Gasteiger partial charge >= 0.3 is 11.9 Å². The minimum Gasteiger partial charge on any atom is -0.469 e. The van der Waals surface area contributed by atoms with E-state index in [4.69, 9.17) is 16.3 Å². The lowest BCUT2D eigenvalue weighted by atomic mass is 10.3. The van der Waals surface area contributed by atoms with E-state index in [1.54, 1.807) is 0 Å². The van der Waals surface area contributed by atoms with E-state index in [2.05, 4.69) is 4.74 Å². The van der Waals surface area contributed by atoms with E-state index in [0.717, 1.165) is 0 Å². The highest BCUT2D eigenvalue weighted by atomic mass is 35.5. The largest absolute Gasteiger partial charge is 0.469 e. The average Bonchev–Trinajstić information content (AvgIpc) is 2.02. The van der Waals surface area contributed by atoms with E-state index < -0.39 is 18.0 Å². The SMILES string of the molecule is COC(=O)CC(CCl)OC(C)=O. The van der Waals surface area contributed by atoms with E-state index in [-0.39, 0.29) is 12.3 Å². The van der Waals surface area contributed by atoms with Crippen molar-refractivity contribution < 1.29 is 19.1 Å². The Morgan fingerprint density at radius 3 is 2.42 bits per heavy atom. The molecule has 0 saturated carbocycles. The summed E-state index contributed by atoms with van der Waals surface area (Å²) in [6.07, 6.45) is -0.587. The first-order valence-electron chi connectivity index (χ1n) is 3.40. The molecule has 70 valence electrons. The monoisotopic (exact) mass is 194 g/mol. The maximum Gasteiger partial charge on any atom is 0.309 e. The molecule has 0 saturated heterocycles. The van der Waals surface area contributed by atoms with Gasteiger partial charge in [-0.1, -0.05) is 0 Å². The Labute approximate surface area is 75.8 Å².